The van der Waals surface area contributed by atoms with Crippen molar-refractivity contribution in [2.75, 3.05) is 103 Å². The fourth-order valence-corrected chi connectivity index (χ4v) is 15.9. The lowest BCUT2D eigenvalue weighted by atomic mass is 9.90. The van der Waals surface area contributed by atoms with Gasteiger partial charge in [-0.15, -0.1) is 0 Å². The second kappa shape index (κ2) is 41.8. The molecular weight excluding hydrogens is 1480 g/mol. The molecule has 0 saturated carbocycles. The van der Waals surface area contributed by atoms with Gasteiger partial charge in [0, 0.05) is 134 Å². The molecule has 0 bridgehead atoms. The molecule has 12 rings (SSSR count). The van der Waals surface area contributed by atoms with Gasteiger partial charge in [0.2, 0.25) is 0 Å². The Morgan fingerprint density at radius 1 is 0.414 bits per heavy atom. The van der Waals surface area contributed by atoms with E-state index in [1.165, 1.54) is 117 Å². The summed E-state index contributed by atoms with van der Waals surface area (Å²) >= 11 is 0. The molecule has 0 aromatic carbocycles. The van der Waals surface area contributed by atoms with Crippen molar-refractivity contribution in [1.29, 1.82) is 0 Å². The summed E-state index contributed by atoms with van der Waals surface area (Å²) in [6.07, 6.45) is 18.3. The number of carboxylic acids is 3. The van der Waals surface area contributed by atoms with Crippen molar-refractivity contribution in [1.82, 2.24) is 44.9 Å². The Labute approximate surface area is 678 Å². The van der Waals surface area contributed by atoms with Gasteiger partial charge in [0.05, 0.1) is 43.6 Å². The quantitative estimate of drug-likeness (QED) is 0.0174. The molecule has 3 fully saturated rings. The molecule has 624 valence electrons. The summed E-state index contributed by atoms with van der Waals surface area (Å²) in [6, 6.07) is 13.4. The number of carbonyl (C=O) groups is 9. The first kappa shape index (κ1) is 87.7. The summed E-state index contributed by atoms with van der Waals surface area (Å²) in [5.41, 5.74) is 14.2. The van der Waals surface area contributed by atoms with Crippen LogP contribution in [0, 0.1) is 59.3 Å². The van der Waals surface area contributed by atoms with Crippen molar-refractivity contribution < 1.29 is 72.7 Å². The molecule has 3 aliphatic heterocycles. The van der Waals surface area contributed by atoms with Gasteiger partial charge in [-0.2, -0.15) is 0 Å². The number of hydrogen-bond donors (Lipinski definition) is 6. The third kappa shape index (κ3) is 24.7. The summed E-state index contributed by atoms with van der Waals surface area (Å²) in [5, 5.41) is 38.2. The molecule has 9 heterocycles. The smallest absolute Gasteiger partial charge is 0.308 e. The van der Waals surface area contributed by atoms with Crippen LogP contribution >= 0.6 is 0 Å². The average molecular weight is 1600 g/mol. The maximum atomic E-state index is 12.2. The van der Waals surface area contributed by atoms with E-state index >= 15 is 0 Å². The molecule has 116 heavy (non-hydrogen) atoms. The van der Waals surface area contributed by atoms with E-state index in [1.807, 2.05) is 41.5 Å². The van der Waals surface area contributed by atoms with Crippen LogP contribution in [0.25, 0.3) is 0 Å². The third-order valence-corrected chi connectivity index (χ3v) is 22.8. The van der Waals surface area contributed by atoms with Gasteiger partial charge < -0.3 is 60.2 Å². The van der Waals surface area contributed by atoms with Crippen LogP contribution in [-0.2, 0) is 95.9 Å². The predicted molar refractivity (Wildman–Crippen MR) is 437 cm³/mol. The molecule has 30 nitrogen and oxygen atoms in total. The number of carboxylic acid groups (broad SMARTS) is 3. The highest BCUT2D eigenvalue weighted by molar-refractivity contribution is 5.85. The fraction of sp³-hybridized carbons (Fsp3) is 0.581. The maximum absolute atomic E-state index is 12.2. The van der Waals surface area contributed by atoms with Gasteiger partial charge in [0.15, 0.2) is 17.7 Å². The third-order valence-electron chi connectivity index (χ3n) is 22.8. The maximum Gasteiger partial charge on any atom is 0.308 e. The molecular formula is C86H115N15O15. The van der Waals surface area contributed by atoms with E-state index in [0.29, 0.717) is 52.7 Å². The number of piperidine rings is 3. The minimum atomic E-state index is -1.13. The van der Waals surface area contributed by atoms with E-state index in [-0.39, 0.29) is 75.9 Å². The van der Waals surface area contributed by atoms with Gasteiger partial charge in [-0.3, -0.25) is 58.1 Å². The van der Waals surface area contributed by atoms with E-state index < -0.39 is 59.7 Å². The summed E-state index contributed by atoms with van der Waals surface area (Å²) in [4.78, 5) is 154. The zero-order chi connectivity index (χ0) is 83.3. The van der Waals surface area contributed by atoms with E-state index in [1.54, 1.807) is 0 Å². The molecule has 30 heteroatoms. The number of aryl methyl sites for hydroxylation is 9. The van der Waals surface area contributed by atoms with Gasteiger partial charge in [-0.1, -0.05) is 18.2 Å². The topological polar surface area (TPSA) is 404 Å². The number of carbonyl (C=O) groups excluding carboxylic acids is 6. The minimum Gasteiger partial charge on any atom is -0.481 e. The van der Waals surface area contributed by atoms with E-state index in [0.717, 1.165) is 150 Å². The molecule has 6 aromatic rings. The first-order chi connectivity index (χ1) is 55.5. The summed E-state index contributed by atoms with van der Waals surface area (Å²) in [5.74, 6) is -1.96. The number of fused-ring (bicyclic) bond motifs is 3. The zero-order valence-electron chi connectivity index (χ0n) is 68.9. The number of nitrogens with one attached hydrogen (secondary N) is 3. The van der Waals surface area contributed by atoms with Crippen LogP contribution in [0.2, 0.25) is 0 Å². The summed E-state index contributed by atoms with van der Waals surface area (Å²) < 4.78 is 14.9. The highest BCUT2D eigenvalue weighted by atomic mass is 16.5. The lowest BCUT2D eigenvalue weighted by molar-refractivity contribution is -0.157. The molecule has 0 spiro atoms. The number of nitrogens with zero attached hydrogens (tertiary/aromatic N) is 12. The minimum absolute atomic E-state index is 0.00664. The number of pyridine rings is 3. The van der Waals surface area contributed by atoms with Crippen LogP contribution in [0.1, 0.15) is 233 Å². The summed E-state index contributed by atoms with van der Waals surface area (Å²) in [7, 11) is 0. The first-order valence-corrected chi connectivity index (χ1v) is 41.2. The highest BCUT2D eigenvalue weighted by Crippen LogP contribution is 2.38. The molecule has 3 saturated heterocycles. The zero-order valence-corrected chi connectivity index (χ0v) is 68.9. The normalized spacial score (nSPS) is 16.7. The van der Waals surface area contributed by atoms with Crippen LogP contribution < -0.4 is 30.7 Å². The fourth-order valence-electron chi connectivity index (χ4n) is 15.9. The number of esters is 3. The van der Waals surface area contributed by atoms with E-state index in [4.69, 9.17) is 44.1 Å². The van der Waals surface area contributed by atoms with Gasteiger partial charge in [-0.25, -0.2) is 29.9 Å². The predicted octanol–water partition coefficient (Wildman–Crippen LogP) is 10.9. The molecule has 4 atom stereocenters. The van der Waals surface area contributed by atoms with Gasteiger partial charge >= 0.3 is 35.8 Å². The van der Waals surface area contributed by atoms with Crippen molar-refractivity contribution in [3.05, 3.63) is 121 Å². The second-order valence-corrected chi connectivity index (χ2v) is 31.8. The van der Waals surface area contributed by atoms with Crippen molar-refractivity contribution in [2.45, 2.75) is 234 Å². The number of ketones is 3. The van der Waals surface area contributed by atoms with Crippen molar-refractivity contribution in [3.8, 4) is 0 Å². The Balaban J connectivity index is 0.000000184. The van der Waals surface area contributed by atoms with Crippen LogP contribution in [0.4, 0.5) is 34.9 Å². The molecule has 6 aromatic heterocycles. The number of anilines is 6. The number of aliphatic carboxylic acids is 3. The number of ether oxygens (including phenoxy) is 3. The Morgan fingerprint density at radius 2 is 0.724 bits per heavy atom. The number of aromatic nitrogens is 9. The molecule has 6 N–H and O–H groups in total. The Hall–Kier alpha value is -10.7. The SMILES string of the molecule is CC(=O)C(C)OC(=O)CC(CNc1nc(C)nc(N2CCC(c3ccc4c(n3)CCCC4)CC2)c1C)C(=O)O.CC(=O)CCOC(=O)CC(CNc1nc(C)nc(N2CCC(c3ccc4c(n3)CCCC4)CC2)c1C)C(=O)O.CC(=O)COC(=O)CC(CNc1nc(C)nc(N2CCC(c3ccc4c(n3)CCCC4)CC2)c1C)C(=O)O. The largest absolute Gasteiger partial charge is 0.481 e. The standard InChI is InChI=1S/2C29H39N5O5.C28H37N5O5/c1-17-27(30-16-23(29(37)38)15-26(36)39-19(3)18(2)35)31-20(4)32-28(17)34-13-11-22(12-14-34)25-10-9-21-7-5-6-8-24(21)33-25;1-18(35)12-15-39-26(36)16-23(29(37)38)17-30-27-19(2)28(32-20(3)31-27)34-13-10-22(11-14-34)25-9-8-21-6-4-5-7-24(21)33-25;1-17(34)16-38-25(35)14-22(28(36)37)15-29-26-18(2)27(31-19(3)30-26)33-12-10-21(11-13-33)24-9-8-20-6-4-5-7-23(20)32-24/h9-10,19,22-23H,5-8,11-16H2,1-4H3,(H,37,38)(H,30,31,32);8-9,22-23H,4-7,10-17H2,1-3H3,(H,37,38)(H,30,31,32);8-9,21-22H,4-7,10-16H2,1-3H3,(H,36,37)(H,29,30,31). The average Bonchev–Trinajstić information content (AvgIpc) is 0.807. The van der Waals surface area contributed by atoms with Gasteiger partial charge in [0.25, 0.3) is 0 Å². The Bertz CT molecular complexity index is 4520. The summed E-state index contributed by atoms with van der Waals surface area (Å²) in [6.45, 7) is 21.4. The Kier molecular flexibility index (Phi) is 31.6. The highest BCUT2D eigenvalue weighted by Gasteiger charge is 2.33. The molecule has 0 radical (unpaired) electrons. The number of Topliss-reactive ketones (excluding diaryl/α,β-unsaturated/α-hetero) is 3. The van der Waals surface area contributed by atoms with Crippen LogP contribution in [0.5, 0.6) is 0 Å². The van der Waals surface area contributed by atoms with Crippen LogP contribution in [-0.4, -0.2) is 192 Å². The van der Waals surface area contributed by atoms with Crippen molar-refractivity contribution in [3.63, 3.8) is 0 Å². The molecule has 6 aliphatic rings. The van der Waals surface area contributed by atoms with E-state index in [2.05, 4.69) is 82.0 Å². The van der Waals surface area contributed by atoms with Crippen molar-refractivity contribution >= 4 is 88.1 Å². The van der Waals surface area contributed by atoms with Gasteiger partial charge in [0.1, 0.15) is 64.8 Å². The Morgan fingerprint density at radius 3 is 1.03 bits per heavy atom. The number of rotatable bonds is 31. The lowest BCUT2D eigenvalue weighted by Gasteiger charge is -2.34. The molecule has 0 amide bonds. The van der Waals surface area contributed by atoms with Gasteiger partial charge in [-0.05, 0) is 220 Å². The second-order valence-electron chi connectivity index (χ2n) is 31.8. The number of hydrogen-bond acceptors (Lipinski definition) is 27. The van der Waals surface area contributed by atoms with Crippen molar-refractivity contribution in [2.24, 2.45) is 17.8 Å². The van der Waals surface area contributed by atoms with E-state index in [9.17, 15) is 58.5 Å². The first-order valence-electron chi connectivity index (χ1n) is 41.2. The molecule has 3 aliphatic carbocycles. The van der Waals surface area contributed by atoms with Crippen LogP contribution in [0.3, 0.4) is 0 Å². The lowest BCUT2D eigenvalue weighted by Crippen LogP contribution is -2.35. The molecule has 4 unspecified atom stereocenters. The van der Waals surface area contributed by atoms with Crippen LogP contribution in [0.15, 0.2) is 36.4 Å². The monoisotopic (exact) mass is 1600 g/mol.